The number of rotatable bonds is 5. The second-order valence-corrected chi connectivity index (χ2v) is 10.6. The van der Waals surface area contributed by atoms with Gasteiger partial charge in [-0.2, -0.15) is 9.61 Å². The highest BCUT2D eigenvalue weighted by molar-refractivity contribution is 6.00. The summed E-state index contributed by atoms with van der Waals surface area (Å²) in [4.78, 5) is 40.4. The number of nitrogens with one attached hydrogen (secondary N) is 1. The lowest BCUT2D eigenvalue weighted by atomic mass is 9.85. The van der Waals surface area contributed by atoms with E-state index < -0.39 is 0 Å². The molecule has 2 bridgehead atoms. The Kier molecular flexibility index (Phi) is 5.59. The predicted octanol–water partition coefficient (Wildman–Crippen LogP) is 2.89. The summed E-state index contributed by atoms with van der Waals surface area (Å²) < 4.78 is 1.51. The number of piperidine rings is 1. The largest absolute Gasteiger partial charge is 0.392 e. The van der Waals surface area contributed by atoms with Crippen LogP contribution in [0.25, 0.3) is 27.7 Å². The number of hydrogen-bond acceptors (Lipinski definition) is 9. The minimum absolute atomic E-state index is 0.00944. The summed E-state index contributed by atoms with van der Waals surface area (Å²) in [6.45, 7) is 1.44. The Morgan fingerprint density at radius 1 is 1.15 bits per heavy atom. The molecule has 6 heterocycles. The van der Waals surface area contributed by atoms with Crippen molar-refractivity contribution in [3.8, 4) is 11.1 Å². The first-order valence-corrected chi connectivity index (χ1v) is 13.3. The maximum absolute atomic E-state index is 13.1. The Morgan fingerprint density at radius 2 is 1.95 bits per heavy atom. The van der Waals surface area contributed by atoms with E-state index in [9.17, 15) is 14.7 Å². The third-order valence-corrected chi connectivity index (χ3v) is 8.28. The summed E-state index contributed by atoms with van der Waals surface area (Å²) in [6, 6.07) is 7.64. The molecule has 5 aromatic rings. The molecule has 7 rings (SSSR count). The van der Waals surface area contributed by atoms with Crippen molar-refractivity contribution < 1.29 is 14.7 Å². The molecule has 0 unspecified atom stereocenters. The number of anilines is 1. The molecule has 0 saturated carbocycles. The molecule has 2 aliphatic heterocycles. The maximum Gasteiger partial charge on any atom is 0.292 e. The lowest BCUT2D eigenvalue weighted by Gasteiger charge is -2.38. The maximum atomic E-state index is 13.1. The molecular weight excluding hydrogens is 510 g/mol. The molecule has 4 N–H and O–H groups in total. The molecule has 4 aromatic heterocycles. The third kappa shape index (κ3) is 3.74. The van der Waals surface area contributed by atoms with Gasteiger partial charge in [-0.05, 0) is 56.4 Å². The number of aromatic amines is 1. The number of aromatic nitrogens is 7. The van der Waals surface area contributed by atoms with Crippen molar-refractivity contribution in [1.29, 1.82) is 0 Å². The van der Waals surface area contributed by atoms with Crippen molar-refractivity contribution in [2.45, 2.75) is 57.2 Å². The minimum Gasteiger partial charge on any atom is -0.392 e. The molecule has 1 aromatic carbocycles. The summed E-state index contributed by atoms with van der Waals surface area (Å²) in [5.41, 5.74) is 11.3. The van der Waals surface area contributed by atoms with Gasteiger partial charge in [0.1, 0.15) is 12.1 Å². The highest BCUT2D eigenvalue weighted by Crippen LogP contribution is 2.45. The molecule has 0 aliphatic carbocycles. The molecule has 0 spiro atoms. The number of amides is 1. The number of aliphatic hydroxyl groups is 1. The van der Waals surface area contributed by atoms with Crippen LogP contribution in [0.3, 0.4) is 0 Å². The van der Waals surface area contributed by atoms with Gasteiger partial charge in [0, 0.05) is 40.7 Å². The molecule has 0 radical (unpaired) electrons. The quantitative estimate of drug-likeness (QED) is 0.285. The Bertz CT molecular complexity index is 1780. The zero-order chi connectivity index (χ0) is 27.5. The number of aliphatic hydroxyl groups excluding tert-OH is 1. The Hall–Kier alpha value is -4.71. The number of fused-ring (bicyclic) bond motifs is 4. The number of ketones is 1. The van der Waals surface area contributed by atoms with E-state index in [4.69, 9.17) is 10.7 Å². The highest BCUT2D eigenvalue weighted by atomic mass is 16.3. The van der Waals surface area contributed by atoms with Crippen LogP contribution in [-0.2, 0) is 6.61 Å². The SMILES string of the molecule is CC(=O)c1c([C@H]2C[C@H]3CC[C@@H](C2)N3C(=O)c2nnc[nH]2)nc2c(-c3cnc4ccc(CO)cc4c3)cnn2c1N. The van der Waals surface area contributed by atoms with E-state index >= 15 is 0 Å². The molecule has 1 amide bonds. The van der Waals surface area contributed by atoms with Crippen molar-refractivity contribution in [3.05, 3.63) is 65.6 Å². The minimum atomic E-state index is -0.171. The van der Waals surface area contributed by atoms with E-state index in [0.29, 0.717) is 29.7 Å². The standard InChI is InChI=1S/C28H27N9O3/c1-14(39)23-24(17-8-19-3-4-20(9-17)36(19)28(40)26-31-13-32-35-26)34-27-21(11-33-37(27)25(23)29)18-7-16-6-15(12-38)2-5-22(16)30-10-18/h2,5-7,10-11,13,17,19-20,38H,3-4,8-9,12,29H2,1H3,(H,31,32,35)/t17-,19+,20-. The van der Waals surface area contributed by atoms with Crippen molar-refractivity contribution in [1.82, 2.24) is 39.7 Å². The number of carbonyl (C=O) groups excluding carboxylic acids is 2. The van der Waals surface area contributed by atoms with Crippen LogP contribution in [-0.4, -0.2) is 68.5 Å². The average Bonchev–Trinajstić information content (AvgIpc) is 3.70. The number of nitrogens with zero attached hydrogens (tertiary/aromatic N) is 7. The number of Topliss-reactive ketones (excluding diaryl/α,β-unsaturated/α-hetero) is 1. The Balaban J connectivity index is 1.30. The Labute approximate surface area is 228 Å². The van der Waals surface area contributed by atoms with Gasteiger partial charge in [-0.25, -0.2) is 4.98 Å². The molecule has 202 valence electrons. The van der Waals surface area contributed by atoms with E-state index in [2.05, 4.69) is 25.3 Å². The van der Waals surface area contributed by atoms with Crippen LogP contribution in [0.5, 0.6) is 0 Å². The van der Waals surface area contributed by atoms with Crippen molar-refractivity contribution in [2.75, 3.05) is 5.73 Å². The van der Waals surface area contributed by atoms with Crippen molar-refractivity contribution in [3.63, 3.8) is 0 Å². The van der Waals surface area contributed by atoms with E-state index in [1.165, 1.54) is 17.8 Å². The highest BCUT2D eigenvalue weighted by Gasteiger charge is 2.45. The fraction of sp³-hybridized carbons (Fsp3) is 0.321. The molecule has 3 atom stereocenters. The van der Waals surface area contributed by atoms with Gasteiger partial charge in [-0.1, -0.05) is 6.07 Å². The second-order valence-electron chi connectivity index (χ2n) is 10.6. The number of benzene rings is 1. The van der Waals surface area contributed by atoms with Crippen LogP contribution < -0.4 is 5.73 Å². The fourth-order valence-corrected chi connectivity index (χ4v) is 6.48. The van der Waals surface area contributed by atoms with Gasteiger partial charge in [-0.3, -0.25) is 14.6 Å². The summed E-state index contributed by atoms with van der Waals surface area (Å²) in [6.07, 6.45) is 7.96. The van der Waals surface area contributed by atoms with Crippen LogP contribution in [0.4, 0.5) is 5.82 Å². The molecular formula is C28H27N9O3. The summed E-state index contributed by atoms with van der Waals surface area (Å²) in [5, 5.41) is 22.6. The first-order valence-electron chi connectivity index (χ1n) is 13.3. The smallest absolute Gasteiger partial charge is 0.292 e. The average molecular weight is 538 g/mol. The van der Waals surface area contributed by atoms with Crippen molar-refractivity contribution >= 4 is 34.1 Å². The van der Waals surface area contributed by atoms with Gasteiger partial charge < -0.3 is 20.7 Å². The van der Waals surface area contributed by atoms with Gasteiger partial charge in [-0.15, -0.1) is 10.2 Å². The first kappa shape index (κ1) is 24.3. The van der Waals surface area contributed by atoms with E-state index in [-0.39, 0.29) is 47.9 Å². The van der Waals surface area contributed by atoms with E-state index in [1.54, 1.807) is 12.4 Å². The Morgan fingerprint density at radius 3 is 2.65 bits per heavy atom. The number of carbonyl (C=O) groups is 2. The number of hydrogen-bond donors (Lipinski definition) is 3. The lowest BCUT2D eigenvalue weighted by Crippen LogP contribution is -2.46. The second kappa shape index (κ2) is 9.19. The molecule has 2 saturated heterocycles. The molecule has 2 fully saturated rings. The topological polar surface area (TPSA) is 168 Å². The van der Waals surface area contributed by atoms with Gasteiger partial charge in [0.25, 0.3) is 5.91 Å². The predicted molar refractivity (Wildman–Crippen MR) is 145 cm³/mol. The van der Waals surface area contributed by atoms with Gasteiger partial charge in [0.15, 0.2) is 11.4 Å². The van der Waals surface area contributed by atoms with Gasteiger partial charge in [0.2, 0.25) is 5.82 Å². The van der Waals surface area contributed by atoms with Crippen molar-refractivity contribution in [2.24, 2.45) is 0 Å². The van der Waals surface area contributed by atoms with Crippen LogP contribution in [0, 0.1) is 0 Å². The lowest BCUT2D eigenvalue weighted by molar-refractivity contribution is 0.0556. The number of nitrogens with two attached hydrogens (primary N) is 1. The third-order valence-electron chi connectivity index (χ3n) is 8.28. The van der Waals surface area contributed by atoms with Crippen LogP contribution in [0.1, 0.15) is 70.8 Å². The fourth-order valence-electron chi connectivity index (χ4n) is 6.48. The molecule has 40 heavy (non-hydrogen) atoms. The summed E-state index contributed by atoms with van der Waals surface area (Å²) >= 11 is 0. The molecule has 12 heteroatoms. The molecule has 2 aliphatic rings. The van der Waals surface area contributed by atoms with E-state index in [1.807, 2.05) is 29.2 Å². The molecule has 12 nitrogen and oxygen atoms in total. The zero-order valence-corrected chi connectivity index (χ0v) is 21.8. The van der Waals surface area contributed by atoms with Gasteiger partial charge >= 0.3 is 0 Å². The van der Waals surface area contributed by atoms with Crippen LogP contribution in [0.2, 0.25) is 0 Å². The normalized spacial score (nSPS) is 20.4. The summed E-state index contributed by atoms with van der Waals surface area (Å²) in [5.74, 6) is 0.122. The zero-order valence-electron chi connectivity index (χ0n) is 21.8. The number of pyridine rings is 1. The number of H-pyrrole nitrogens is 1. The van der Waals surface area contributed by atoms with Crippen LogP contribution in [0.15, 0.2) is 43.0 Å². The summed E-state index contributed by atoms with van der Waals surface area (Å²) in [7, 11) is 0. The number of nitrogen functional groups attached to an aromatic ring is 1. The van der Waals surface area contributed by atoms with E-state index in [0.717, 1.165) is 40.4 Å². The van der Waals surface area contributed by atoms with Gasteiger partial charge in [0.05, 0.1) is 29.6 Å². The first-order chi connectivity index (χ1) is 19.4. The monoisotopic (exact) mass is 537 g/mol. The van der Waals surface area contributed by atoms with Crippen LogP contribution >= 0.6 is 0 Å².